The minimum Gasteiger partial charge on any atom is -0.504 e. The molecule has 114 valence electrons. The fourth-order valence-electron chi connectivity index (χ4n) is 2.69. The lowest BCUT2D eigenvalue weighted by atomic mass is 9.99. The van der Waals surface area contributed by atoms with Crippen molar-refractivity contribution < 1.29 is 24.5 Å². The summed E-state index contributed by atoms with van der Waals surface area (Å²) in [4.78, 5) is 25.1. The number of phenols is 1. The van der Waals surface area contributed by atoms with E-state index in [-0.39, 0.29) is 35.4 Å². The zero-order valence-electron chi connectivity index (χ0n) is 12.3. The van der Waals surface area contributed by atoms with E-state index in [0.29, 0.717) is 6.54 Å². The molecule has 1 aliphatic rings. The first kappa shape index (κ1) is 15.2. The minimum absolute atomic E-state index is 0.111. The Bertz CT molecular complexity index is 584. The van der Waals surface area contributed by atoms with E-state index in [1.165, 1.54) is 12.0 Å². The van der Waals surface area contributed by atoms with Crippen LogP contribution in [0.15, 0.2) is 12.1 Å². The summed E-state index contributed by atoms with van der Waals surface area (Å²) in [5.74, 6) is -1.92. The van der Waals surface area contributed by atoms with E-state index in [1.807, 2.05) is 6.92 Å². The predicted octanol–water partition coefficient (Wildman–Crippen LogP) is 1.50. The topological polar surface area (TPSA) is 87.1 Å². The summed E-state index contributed by atoms with van der Waals surface area (Å²) in [5.41, 5.74) is 0.931. The molecule has 1 aliphatic heterocycles. The molecule has 1 fully saturated rings. The molecule has 6 heteroatoms. The van der Waals surface area contributed by atoms with Gasteiger partial charge in [-0.3, -0.25) is 9.59 Å². The van der Waals surface area contributed by atoms with Crippen LogP contribution in [0.5, 0.6) is 11.5 Å². The molecule has 2 N–H and O–H groups in total. The van der Waals surface area contributed by atoms with Crippen molar-refractivity contribution in [2.24, 2.45) is 11.8 Å². The minimum atomic E-state index is -0.899. The van der Waals surface area contributed by atoms with E-state index >= 15 is 0 Å². The number of nitrogens with zero attached hydrogens (tertiary/aromatic N) is 1. The summed E-state index contributed by atoms with van der Waals surface area (Å²) >= 11 is 0. The van der Waals surface area contributed by atoms with Crippen molar-refractivity contribution >= 4 is 11.9 Å². The molecule has 0 unspecified atom stereocenters. The van der Waals surface area contributed by atoms with Crippen LogP contribution in [-0.2, 0) is 4.79 Å². The van der Waals surface area contributed by atoms with Gasteiger partial charge in [0.1, 0.15) is 0 Å². The number of rotatable bonds is 3. The van der Waals surface area contributed by atoms with E-state index in [4.69, 9.17) is 9.84 Å². The number of hydrogen-bond donors (Lipinski definition) is 2. The Morgan fingerprint density at radius 3 is 2.52 bits per heavy atom. The van der Waals surface area contributed by atoms with Crippen LogP contribution in [-0.4, -0.2) is 47.2 Å². The van der Waals surface area contributed by atoms with Crippen LogP contribution in [0.3, 0.4) is 0 Å². The fourth-order valence-corrected chi connectivity index (χ4v) is 2.69. The second-order valence-corrected chi connectivity index (χ2v) is 5.50. The summed E-state index contributed by atoms with van der Waals surface area (Å²) in [6, 6.07) is 3.22. The molecule has 1 heterocycles. The van der Waals surface area contributed by atoms with Gasteiger partial charge in [-0.15, -0.1) is 0 Å². The number of amides is 1. The van der Waals surface area contributed by atoms with E-state index in [0.717, 1.165) is 5.56 Å². The number of carbonyl (C=O) groups excluding carboxylic acids is 1. The van der Waals surface area contributed by atoms with Crippen molar-refractivity contribution in [2.45, 2.75) is 13.8 Å². The number of benzene rings is 1. The molecule has 1 aromatic rings. The van der Waals surface area contributed by atoms with Gasteiger partial charge in [-0.2, -0.15) is 0 Å². The number of aryl methyl sites for hydroxylation is 1. The van der Waals surface area contributed by atoms with Crippen LogP contribution in [0.2, 0.25) is 0 Å². The quantitative estimate of drug-likeness (QED) is 0.882. The number of carboxylic acids is 1. The van der Waals surface area contributed by atoms with Crippen LogP contribution >= 0.6 is 0 Å². The molecule has 21 heavy (non-hydrogen) atoms. The molecule has 0 spiro atoms. The smallest absolute Gasteiger partial charge is 0.308 e. The lowest BCUT2D eigenvalue weighted by molar-refractivity contribution is -0.142. The van der Waals surface area contributed by atoms with Gasteiger partial charge in [0, 0.05) is 13.1 Å². The summed E-state index contributed by atoms with van der Waals surface area (Å²) in [5, 5.41) is 19.2. The van der Waals surface area contributed by atoms with Crippen molar-refractivity contribution in [1.82, 2.24) is 4.90 Å². The van der Waals surface area contributed by atoms with Crippen molar-refractivity contribution in [2.75, 3.05) is 20.2 Å². The number of carbonyl (C=O) groups is 2. The van der Waals surface area contributed by atoms with Gasteiger partial charge in [-0.1, -0.05) is 6.92 Å². The number of phenolic OH excluding ortho intramolecular Hbond substituents is 1. The Hall–Kier alpha value is -2.24. The highest BCUT2D eigenvalue weighted by atomic mass is 16.5. The van der Waals surface area contributed by atoms with E-state index in [9.17, 15) is 14.7 Å². The summed E-state index contributed by atoms with van der Waals surface area (Å²) in [6.45, 7) is 4.13. The Kier molecular flexibility index (Phi) is 4.06. The molecule has 1 amide bonds. The maximum Gasteiger partial charge on any atom is 0.308 e. The van der Waals surface area contributed by atoms with Crippen molar-refractivity contribution in [3.8, 4) is 11.5 Å². The average Bonchev–Trinajstić information content (AvgIpc) is 2.82. The highest BCUT2D eigenvalue weighted by Crippen LogP contribution is 2.33. The van der Waals surface area contributed by atoms with Gasteiger partial charge in [-0.05, 0) is 30.5 Å². The normalized spacial score (nSPS) is 21.4. The van der Waals surface area contributed by atoms with Gasteiger partial charge in [0.2, 0.25) is 0 Å². The van der Waals surface area contributed by atoms with Crippen molar-refractivity contribution in [3.63, 3.8) is 0 Å². The van der Waals surface area contributed by atoms with Gasteiger partial charge in [0.05, 0.1) is 18.6 Å². The Labute approximate surface area is 122 Å². The first-order valence-corrected chi connectivity index (χ1v) is 6.74. The molecule has 2 rings (SSSR count). The van der Waals surface area contributed by atoms with Crippen LogP contribution in [0.1, 0.15) is 22.8 Å². The Morgan fingerprint density at radius 1 is 1.33 bits per heavy atom. The highest BCUT2D eigenvalue weighted by Gasteiger charge is 2.38. The second kappa shape index (κ2) is 5.63. The maximum atomic E-state index is 12.5. The lowest BCUT2D eigenvalue weighted by Crippen LogP contribution is -2.30. The fraction of sp³-hybridized carbons (Fsp3) is 0.467. The molecule has 0 bridgehead atoms. The molecule has 0 aromatic heterocycles. The number of methoxy groups -OCH3 is 1. The summed E-state index contributed by atoms with van der Waals surface area (Å²) < 4.78 is 5.04. The number of carboxylic acid groups (broad SMARTS) is 1. The SMILES string of the molecule is COc1cc(C)cc(C(=O)N2C[C@@H](C)[C@H](C(=O)O)C2)c1O. The second-order valence-electron chi connectivity index (χ2n) is 5.50. The van der Waals surface area contributed by atoms with E-state index in [1.54, 1.807) is 19.1 Å². The standard InChI is InChI=1S/C15H19NO5/c1-8-4-10(13(17)12(5-8)21-3)14(18)16-6-9(2)11(7-16)15(19)20/h4-5,9,11,17H,6-7H2,1-3H3,(H,19,20)/t9-,11-/m1/s1. The van der Waals surface area contributed by atoms with Crippen LogP contribution < -0.4 is 4.74 Å². The van der Waals surface area contributed by atoms with Crippen LogP contribution in [0, 0.1) is 18.8 Å². The zero-order valence-corrected chi connectivity index (χ0v) is 12.3. The molecule has 2 atom stereocenters. The third kappa shape index (κ3) is 2.79. The maximum absolute atomic E-state index is 12.5. The number of ether oxygens (including phenoxy) is 1. The molecule has 0 aliphatic carbocycles. The summed E-state index contributed by atoms with van der Waals surface area (Å²) in [6.07, 6.45) is 0. The number of hydrogen-bond acceptors (Lipinski definition) is 4. The first-order valence-electron chi connectivity index (χ1n) is 6.74. The third-order valence-corrected chi connectivity index (χ3v) is 3.89. The van der Waals surface area contributed by atoms with Gasteiger partial charge < -0.3 is 19.8 Å². The van der Waals surface area contributed by atoms with Gasteiger partial charge in [0.15, 0.2) is 11.5 Å². The van der Waals surface area contributed by atoms with Gasteiger partial charge >= 0.3 is 5.97 Å². The average molecular weight is 293 g/mol. The third-order valence-electron chi connectivity index (χ3n) is 3.89. The summed E-state index contributed by atoms with van der Waals surface area (Å²) in [7, 11) is 1.42. The van der Waals surface area contributed by atoms with E-state index in [2.05, 4.69) is 0 Å². The van der Waals surface area contributed by atoms with Gasteiger partial charge in [-0.25, -0.2) is 0 Å². The Morgan fingerprint density at radius 2 is 2.00 bits per heavy atom. The molecular weight excluding hydrogens is 274 g/mol. The first-order chi connectivity index (χ1) is 9.85. The molecule has 0 saturated carbocycles. The van der Waals surface area contributed by atoms with Crippen molar-refractivity contribution in [1.29, 1.82) is 0 Å². The highest BCUT2D eigenvalue weighted by molar-refractivity contribution is 5.98. The number of aromatic hydroxyl groups is 1. The molecule has 0 radical (unpaired) electrons. The monoisotopic (exact) mass is 293 g/mol. The van der Waals surface area contributed by atoms with Crippen molar-refractivity contribution in [3.05, 3.63) is 23.3 Å². The molecule has 1 saturated heterocycles. The largest absolute Gasteiger partial charge is 0.504 e. The number of aliphatic carboxylic acids is 1. The molecule has 6 nitrogen and oxygen atoms in total. The predicted molar refractivity (Wildman–Crippen MR) is 75.6 cm³/mol. The van der Waals surface area contributed by atoms with Crippen LogP contribution in [0.25, 0.3) is 0 Å². The lowest BCUT2D eigenvalue weighted by Gasteiger charge is -2.18. The van der Waals surface area contributed by atoms with Crippen LogP contribution in [0.4, 0.5) is 0 Å². The molecule has 1 aromatic carbocycles. The molecular formula is C15H19NO5. The van der Waals surface area contributed by atoms with E-state index < -0.39 is 11.9 Å². The Balaban J connectivity index is 2.30. The van der Waals surface area contributed by atoms with Gasteiger partial charge in [0.25, 0.3) is 5.91 Å². The zero-order chi connectivity index (χ0) is 15.7. The number of likely N-dealkylation sites (tertiary alicyclic amines) is 1.